The van der Waals surface area contributed by atoms with Crippen LogP contribution < -0.4 is 5.32 Å². The number of nitrogens with zero attached hydrogens (tertiary/aromatic N) is 2. The Hall–Kier alpha value is -0.690. The van der Waals surface area contributed by atoms with Crippen molar-refractivity contribution in [3.8, 4) is 0 Å². The molecule has 2 saturated heterocycles. The molecule has 2 rings (SSSR count). The molecule has 0 saturated carbocycles. The summed E-state index contributed by atoms with van der Waals surface area (Å²) in [6, 6.07) is 0.0378. The van der Waals surface area contributed by atoms with E-state index in [1.807, 2.05) is 4.90 Å². The molecular formula is C13H25N3O3. The average Bonchev–Trinajstić information content (AvgIpc) is 2.92. The first-order valence-electron chi connectivity index (χ1n) is 7.25. The van der Waals surface area contributed by atoms with Crippen LogP contribution in [0, 0.1) is 0 Å². The summed E-state index contributed by atoms with van der Waals surface area (Å²) < 4.78 is 5.29. The van der Waals surface area contributed by atoms with Gasteiger partial charge >= 0.3 is 0 Å². The summed E-state index contributed by atoms with van der Waals surface area (Å²) in [5.41, 5.74) is 0. The van der Waals surface area contributed by atoms with Crippen molar-refractivity contribution in [2.75, 3.05) is 59.1 Å². The van der Waals surface area contributed by atoms with E-state index < -0.39 is 0 Å². The van der Waals surface area contributed by atoms with E-state index in [0.717, 1.165) is 52.1 Å². The number of nitrogens with one attached hydrogen (secondary N) is 1. The van der Waals surface area contributed by atoms with Gasteiger partial charge in [0.05, 0.1) is 25.9 Å². The van der Waals surface area contributed by atoms with Crippen molar-refractivity contribution in [1.82, 2.24) is 15.1 Å². The van der Waals surface area contributed by atoms with Gasteiger partial charge in [-0.05, 0) is 19.4 Å². The van der Waals surface area contributed by atoms with Crippen LogP contribution in [0.1, 0.15) is 12.8 Å². The van der Waals surface area contributed by atoms with Crippen LogP contribution in [0.5, 0.6) is 0 Å². The second-order valence-electron chi connectivity index (χ2n) is 5.11. The Balaban J connectivity index is 1.78. The normalized spacial score (nSPS) is 24.9. The fraction of sp³-hybridized carbons (Fsp3) is 0.923. The number of carbonyl (C=O) groups is 1. The molecule has 19 heavy (non-hydrogen) atoms. The minimum atomic E-state index is 0.0378. The quantitative estimate of drug-likeness (QED) is 0.600. The summed E-state index contributed by atoms with van der Waals surface area (Å²) in [5, 5.41) is 11.9. The number of likely N-dealkylation sites (tertiary alicyclic amines) is 1. The molecule has 0 aliphatic carbocycles. The minimum Gasteiger partial charge on any atom is -0.394 e. The van der Waals surface area contributed by atoms with Crippen molar-refractivity contribution in [2.45, 2.75) is 18.9 Å². The maximum atomic E-state index is 12.5. The number of carbonyl (C=O) groups excluding carboxylic acids is 1. The molecule has 0 aromatic carbocycles. The molecule has 6 nitrogen and oxygen atoms in total. The van der Waals surface area contributed by atoms with Crippen molar-refractivity contribution in [3.05, 3.63) is 0 Å². The Morgan fingerprint density at radius 3 is 2.79 bits per heavy atom. The summed E-state index contributed by atoms with van der Waals surface area (Å²) in [6.07, 6.45) is 2.05. The highest BCUT2D eigenvalue weighted by Crippen LogP contribution is 2.19. The number of aliphatic hydroxyl groups excluding tert-OH is 1. The molecule has 0 spiro atoms. The Labute approximate surface area is 114 Å². The Bertz CT molecular complexity index is 282. The summed E-state index contributed by atoms with van der Waals surface area (Å²) >= 11 is 0. The zero-order valence-electron chi connectivity index (χ0n) is 11.5. The van der Waals surface area contributed by atoms with Crippen LogP contribution in [0.15, 0.2) is 0 Å². The summed E-state index contributed by atoms with van der Waals surface area (Å²) in [6.45, 7) is 6.23. The third-order valence-electron chi connectivity index (χ3n) is 3.84. The maximum Gasteiger partial charge on any atom is 0.240 e. The van der Waals surface area contributed by atoms with Crippen molar-refractivity contribution in [3.63, 3.8) is 0 Å². The molecule has 2 N–H and O–H groups in total. The predicted octanol–water partition coefficient (Wildman–Crippen LogP) is -1.11. The smallest absolute Gasteiger partial charge is 0.240 e. The van der Waals surface area contributed by atoms with E-state index in [2.05, 4.69) is 10.2 Å². The summed E-state index contributed by atoms with van der Waals surface area (Å²) in [4.78, 5) is 16.7. The number of ether oxygens (including phenoxy) is 1. The van der Waals surface area contributed by atoms with Crippen LogP contribution in [0.4, 0.5) is 0 Å². The molecule has 0 radical (unpaired) electrons. The molecule has 1 atom stereocenters. The van der Waals surface area contributed by atoms with E-state index in [0.29, 0.717) is 13.2 Å². The van der Waals surface area contributed by atoms with Crippen molar-refractivity contribution in [2.24, 2.45) is 0 Å². The van der Waals surface area contributed by atoms with E-state index in [4.69, 9.17) is 9.84 Å². The van der Waals surface area contributed by atoms with Crippen molar-refractivity contribution in [1.29, 1.82) is 0 Å². The maximum absolute atomic E-state index is 12.5. The second-order valence-corrected chi connectivity index (χ2v) is 5.11. The number of piperazine rings is 1. The number of rotatable bonds is 6. The molecule has 2 heterocycles. The molecule has 0 bridgehead atoms. The molecule has 0 aromatic rings. The fourth-order valence-electron chi connectivity index (χ4n) is 2.82. The highest BCUT2D eigenvalue weighted by Gasteiger charge is 2.33. The zero-order valence-corrected chi connectivity index (χ0v) is 11.5. The van der Waals surface area contributed by atoms with E-state index in [9.17, 15) is 4.79 Å². The van der Waals surface area contributed by atoms with Gasteiger partial charge in [0, 0.05) is 32.7 Å². The molecular weight excluding hydrogens is 246 g/mol. The lowest BCUT2D eigenvalue weighted by atomic mass is 10.1. The summed E-state index contributed by atoms with van der Waals surface area (Å²) in [5.74, 6) is 0.279. The Morgan fingerprint density at radius 2 is 2.05 bits per heavy atom. The van der Waals surface area contributed by atoms with Crippen LogP contribution >= 0.6 is 0 Å². The Kier molecular flexibility index (Phi) is 6.03. The van der Waals surface area contributed by atoms with Gasteiger partial charge in [0.15, 0.2) is 0 Å². The highest BCUT2D eigenvalue weighted by atomic mass is 16.5. The molecule has 110 valence electrons. The van der Waals surface area contributed by atoms with Gasteiger partial charge < -0.3 is 20.1 Å². The Morgan fingerprint density at radius 1 is 1.26 bits per heavy atom. The number of amides is 1. The molecule has 2 aliphatic rings. The number of hydrogen-bond acceptors (Lipinski definition) is 5. The van der Waals surface area contributed by atoms with Gasteiger partial charge in [0.2, 0.25) is 5.91 Å². The molecule has 0 aromatic heterocycles. The average molecular weight is 271 g/mol. The lowest BCUT2D eigenvalue weighted by Crippen LogP contribution is -2.52. The van der Waals surface area contributed by atoms with Crippen molar-refractivity contribution >= 4 is 5.91 Å². The van der Waals surface area contributed by atoms with Gasteiger partial charge in [-0.3, -0.25) is 9.69 Å². The lowest BCUT2D eigenvalue weighted by molar-refractivity contribution is -0.136. The lowest BCUT2D eigenvalue weighted by Gasteiger charge is -2.32. The van der Waals surface area contributed by atoms with Gasteiger partial charge in [-0.2, -0.15) is 0 Å². The fourth-order valence-corrected chi connectivity index (χ4v) is 2.82. The zero-order chi connectivity index (χ0) is 13.5. The van der Waals surface area contributed by atoms with E-state index in [1.165, 1.54) is 0 Å². The third kappa shape index (κ3) is 4.14. The van der Waals surface area contributed by atoms with Gasteiger partial charge in [0.1, 0.15) is 0 Å². The van der Waals surface area contributed by atoms with Crippen LogP contribution in [-0.2, 0) is 9.53 Å². The molecule has 2 aliphatic heterocycles. The monoisotopic (exact) mass is 271 g/mol. The SMILES string of the molecule is O=C(C1CCCN1CCOCCO)N1CCNCC1. The van der Waals surface area contributed by atoms with Crippen molar-refractivity contribution < 1.29 is 14.6 Å². The van der Waals surface area contributed by atoms with Gasteiger partial charge in [0.25, 0.3) is 0 Å². The first-order valence-corrected chi connectivity index (χ1v) is 7.25. The second kappa shape index (κ2) is 7.79. The van der Waals surface area contributed by atoms with Gasteiger partial charge in [-0.15, -0.1) is 0 Å². The topological polar surface area (TPSA) is 65.0 Å². The largest absolute Gasteiger partial charge is 0.394 e. The molecule has 2 fully saturated rings. The van der Waals surface area contributed by atoms with Gasteiger partial charge in [-0.1, -0.05) is 0 Å². The first kappa shape index (κ1) is 14.7. The van der Waals surface area contributed by atoms with E-state index in [1.54, 1.807) is 0 Å². The van der Waals surface area contributed by atoms with Crippen LogP contribution in [0.3, 0.4) is 0 Å². The first-order chi connectivity index (χ1) is 9.33. The molecule has 6 heteroatoms. The predicted molar refractivity (Wildman–Crippen MR) is 71.9 cm³/mol. The van der Waals surface area contributed by atoms with E-state index >= 15 is 0 Å². The molecule has 1 amide bonds. The van der Waals surface area contributed by atoms with E-state index in [-0.39, 0.29) is 18.6 Å². The van der Waals surface area contributed by atoms with Crippen LogP contribution in [0.25, 0.3) is 0 Å². The third-order valence-corrected chi connectivity index (χ3v) is 3.84. The summed E-state index contributed by atoms with van der Waals surface area (Å²) in [7, 11) is 0. The van der Waals surface area contributed by atoms with Gasteiger partial charge in [-0.25, -0.2) is 0 Å². The number of aliphatic hydroxyl groups is 1. The minimum absolute atomic E-state index is 0.0378. The van der Waals surface area contributed by atoms with Crippen LogP contribution in [-0.4, -0.2) is 85.9 Å². The highest BCUT2D eigenvalue weighted by molar-refractivity contribution is 5.82. The molecule has 1 unspecified atom stereocenters. The van der Waals surface area contributed by atoms with Crippen LogP contribution in [0.2, 0.25) is 0 Å². The number of hydrogen-bond donors (Lipinski definition) is 2. The standard InChI is InChI=1S/C13H25N3O3/c17-9-11-19-10-8-15-5-1-2-12(15)13(18)16-6-3-14-4-7-16/h12,14,17H,1-11H2.